The second kappa shape index (κ2) is 4.09. The normalized spacial score (nSPS) is 10.0. The monoisotopic (exact) mass is 203 g/mol. The summed E-state index contributed by atoms with van der Waals surface area (Å²) < 4.78 is 18.0. The molecule has 15 heavy (non-hydrogen) atoms. The minimum Gasteiger partial charge on any atom is -0.497 e. The second-order valence-corrected chi connectivity index (χ2v) is 3.08. The minimum absolute atomic E-state index is 0.477. The number of hydrogen-bond donors (Lipinski definition) is 0. The summed E-state index contributed by atoms with van der Waals surface area (Å²) in [6.07, 6.45) is 0. The number of hydrogen-bond acceptors (Lipinski definition) is 2. The summed E-state index contributed by atoms with van der Waals surface area (Å²) in [5.74, 6) is 0.258. The largest absolute Gasteiger partial charge is 0.497 e. The molecular formula is C12H10FNO. The summed E-state index contributed by atoms with van der Waals surface area (Å²) in [7, 11) is 1.60. The highest BCUT2D eigenvalue weighted by molar-refractivity contribution is 5.60. The minimum atomic E-state index is -0.477. The molecular weight excluding hydrogens is 193 g/mol. The van der Waals surface area contributed by atoms with E-state index in [0.717, 1.165) is 11.3 Å². The first kappa shape index (κ1) is 9.65. The van der Waals surface area contributed by atoms with Gasteiger partial charge < -0.3 is 4.74 Å². The predicted molar refractivity (Wildman–Crippen MR) is 56.2 cm³/mol. The van der Waals surface area contributed by atoms with Gasteiger partial charge in [0, 0.05) is 5.56 Å². The molecule has 2 nitrogen and oxygen atoms in total. The zero-order valence-corrected chi connectivity index (χ0v) is 8.27. The predicted octanol–water partition coefficient (Wildman–Crippen LogP) is 2.90. The molecule has 0 aliphatic carbocycles. The van der Waals surface area contributed by atoms with E-state index in [2.05, 4.69) is 4.98 Å². The fourth-order valence-corrected chi connectivity index (χ4v) is 1.35. The average Bonchev–Trinajstić information content (AvgIpc) is 2.29. The Labute approximate surface area is 87.4 Å². The first-order valence-electron chi connectivity index (χ1n) is 4.56. The molecule has 1 heterocycles. The fraction of sp³-hybridized carbons (Fsp3) is 0.0833. The third-order valence-electron chi connectivity index (χ3n) is 2.08. The molecule has 0 amide bonds. The Morgan fingerprint density at radius 2 is 1.93 bits per heavy atom. The van der Waals surface area contributed by atoms with Gasteiger partial charge in [-0.15, -0.1) is 0 Å². The van der Waals surface area contributed by atoms with Crippen molar-refractivity contribution in [3.05, 3.63) is 48.4 Å². The molecule has 0 N–H and O–H groups in total. The van der Waals surface area contributed by atoms with E-state index in [9.17, 15) is 4.39 Å². The van der Waals surface area contributed by atoms with Crippen LogP contribution in [-0.2, 0) is 0 Å². The lowest BCUT2D eigenvalue weighted by molar-refractivity contribution is 0.415. The molecule has 2 aromatic rings. The smallest absolute Gasteiger partial charge is 0.213 e. The Balaban J connectivity index is 2.44. The summed E-state index contributed by atoms with van der Waals surface area (Å²) in [6, 6.07) is 12.1. The standard InChI is InChI=1S/C12H10FNO/c1-15-10-5-2-4-9(8-10)11-6-3-7-12(13)14-11/h2-8H,1H3. The number of aromatic nitrogens is 1. The van der Waals surface area contributed by atoms with Crippen LogP contribution in [0, 0.1) is 5.95 Å². The van der Waals surface area contributed by atoms with Gasteiger partial charge in [0.05, 0.1) is 12.8 Å². The number of pyridine rings is 1. The first-order valence-corrected chi connectivity index (χ1v) is 4.56. The van der Waals surface area contributed by atoms with Crippen molar-refractivity contribution in [2.24, 2.45) is 0 Å². The zero-order valence-electron chi connectivity index (χ0n) is 8.27. The summed E-state index contributed by atoms with van der Waals surface area (Å²) in [5.41, 5.74) is 1.45. The zero-order chi connectivity index (χ0) is 10.7. The van der Waals surface area contributed by atoms with Crippen molar-refractivity contribution in [1.29, 1.82) is 0 Å². The van der Waals surface area contributed by atoms with Gasteiger partial charge in [0.15, 0.2) is 0 Å². The number of halogens is 1. The van der Waals surface area contributed by atoms with E-state index in [1.165, 1.54) is 6.07 Å². The van der Waals surface area contributed by atoms with Crippen LogP contribution in [-0.4, -0.2) is 12.1 Å². The fourth-order valence-electron chi connectivity index (χ4n) is 1.35. The summed E-state index contributed by atoms with van der Waals surface area (Å²) in [5, 5.41) is 0. The number of nitrogens with zero attached hydrogens (tertiary/aromatic N) is 1. The van der Waals surface area contributed by atoms with Gasteiger partial charge in [0.2, 0.25) is 5.95 Å². The van der Waals surface area contributed by atoms with Gasteiger partial charge in [-0.2, -0.15) is 4.39 Å². The van der Waals surface area contributed by atoms with Crippen molar-refractivity contribution in [1.82, 2.24) is 4.98 Å². The van der Waals surface area contributed by atoms with E-state index in [1.807, 2.05) is 24.3 Å². The van der Waals surface area contributed by atoms with E-state index < -0.39 is 5.95 Å². The Morgan fingerprint density at radius 3 is 2.67 bits per heavy atom. The molecule has 0 spiro atoms. The van der Waals surface area contributed by atoms with Gasteiger partial charge in [0.25, 0.3) is 0 Å². The van der Waals surface area contributed by atoms with Crippen LogP contribution in [0.15, 0.2) is 42.5 Å². The quantitative estimate of drug-likeness (QED) is 0.700. The lowest BCUT2D eigenvalue weighted by Crippen LogP contribution is -1.88. The SMILES string of the molecule is COc1cccc(-c2cccc(F)n2)c1. The lowest BCUT2D eigenvalue weighted by Gasteiger charge is -2.03. The van der Waals surface area contributed by atoms with Crippen molar-refractivity contribution >= 4 is 0 Å². The van der Waals surface area contributed by atoms with Gasteiger partial charge in [-0.1, -0.05) is 18.2 Å². The average molecular weight is 203 g/mol. The Bertz CT molecular complexity index is 471. The van der Waals surface area contributed by atoms with Crippen LogP contribution in [0.25, 0.3) is 11.3 Å². The third kappa shape index (κ3) is 2.13. The molecule has 0 aliphatic heterocycles. The molecule has 0 saturated heterocycles. The summed E-state index contributed by atoms with van der Waals surface area (Å²) in [4.78, 5) is 3.80. The molecule has 0 radical (unpaired) electrons. The van der Waals surface area contributed by atoms with Crippen LogP contribution in [0.4, 0.5) is 4.39 Å². The number of methoxy groups -OCH3 is 1. The van der Waals surface area contributed by atoms with Crippen LogP contribution in [0.2, 0.25) is 0 Å². The van der Waals surface area contributed by atoms with Crippen LogP contribution in [0.5, 0.6) is 5.75 Å². The Hall–Kier alpha value is -1.90. The molecule has 2 rings (SSSR count). The van der Waals surface area contributed by atoms with Crippen LogP contribution in [0.3, 0.4) is 0 Å². The molecule has 0 atom stereocenters. The van der Waals surface area contributed by atoms with Crippen molar-refractivity contribution in [2.75, 3.05) is 7.11 Å². The maximum absolute atomic E-state index is 12.9. The molecule has 0 unspecified atom stereocenters. The highest BCUT2D eigenvalue weighted by atomic mass is 19.1. The molecule has 0 bridgehead atoms. The van der Waals surface area contributed by atoms with E-state index >= 15 is 0 Å². The lowest BCUT2D eigenvalue weighted by atomic mass is 10.1. The maximum atomic E-state index is 12.9. The number of rotatable bonds is 2. The number of ether oxygens (including phenoxy) is 1. The van der Waals surface area contributed by atoms with E-state index in [1.54, 1.807) is 19.2 Å². The molecule has 76 valence electrons. The van der Waals surface area contributed by atoms with Crippen LogP contribution < -0.4 is 4.74 Å². The molecule has 0 saturated carbocycles. The van der Waals surface area contributed by atoms with E-state index in [4.69, 9.17) is 4.74 Å². The Kier molecular flexibility index (Phi) is 2.63. The highest BCUT2D eigenvalue weighted by Gasteiger charge is 2.01. The van der Waals surface area contributed by atoms with Crippen LogP contribution in [0.1, 0.15) is 0 Å². The second-order valence-electron chi connectivity index (χ2n) is 3.08. The van der Waals surface area contributed by atoms with Gasteiger partial charge >= 0.3 is 0 Å². The topological polar surface area (TPSA) is 22.1 Å². The summed E-state index contributed by atoms with van der Waals surface area (Å²) >= 11 is 0. The van der Waals surface area contributed by atoms with E-state index in [-0.39, 0.29) is 0 Å². The van der Waals surface area contributed by atoms with Crippen LogP contribution >= 0.6 is 0 Å². The van der Waals surface area contributed by atoms with Gasteiger partial charge in [-0.25, -0.2) is 4.98 Å². The Morgan fingerprint density at radius 1 is 1.13 bits per heavy atom. The van der Waals surface area contributed by atoms with E-state index in [0.29, 0.717) is 5.69 Å². The summed E-state index contributed by atoms with van der Waals surface area (Å²) in [6.45, 7) is 0. The van der Waals surface area contributed by atoms with Crippen molar-refractivity contribution in [2.45, 2.75) is 0 Å². The maximum Gasteiger partial charge on any atom is 0.213 e. The molecule has 0 aliphatic rings. The molecule has 1 aromatic heterocycles. The molecule has 3 heteroatoms. The van der Waals surface area contributed by atoms with Gasteiger partial charge in [-0.3, -0.25) is 0 Å². The molecule has 1 aromatic carbocycles. The van der Waals surface area contributed by atoms with Crippen molar-refractivity contribution in [3.63, 3.8) is 0 Å². The highest BCUT2D eigenvalue weighted by Crippen LogP contribution is 2.21. The van der Waals surface area contributed by atoms with Gasteiger partial charge in [-0.05, 0) is 24.3 Å². The van der Waals surface area contributed by atoms with Crippen molar-refractivity contribution in [3.8, 4) is 17.0 Å². The van der Waals surface area contributed by atoms with Crippen molar-refractivity contribution < 1.29 is 9.13 Å². The van der Waals surface area contributed by atoms with Gasteiger partial charge in [0.1, 0.15) is 5.75 Å². The third-order valence-corrected chi connectivity index (χ3v) is 2.08. The first-order chi connectivity index (χ1) is 7.29. The number of benzene rings is 1. The molecule has 0 fully saturated rings.